The van der Waals surface area contributed by atoms with E-state index in [-0.39, 0.29) is 16.2 Å². The third-order valence-corrected chi connectivity index (χ3v) is 10.4. The fourth-order valence-electron chi connectivity index (χ4n) is 5.61. The molecule has 0 saturated carbocycles. The van der Waals surface area contributed by atoms with Crippen molar-refractivity contribution in [2.75, 3.05) is 6.61 Å². The molecular formula is C31H29NO3S2. The lowest BCUT2D eigenvalue weighted by molar-refractivity contribution is 0.213. The number of fused-ring (bicyclic) bond motifs is 2. The Kier molecular flexibility index (Phi) is 5.77. The Labute approximate surface area is 222 Å². The maximum absolute atomic E-state index is 14.3. The fraction of sp³-hybridized carbons (Fsp3) is 0.226. The zero-order valence-corrected chi connectivity index (χ0v) is 22.8. The van der Waals surface area contributed by atoms with Gasteiger partial charge in [0.05, 0.1) is 27.6 Å². The number of aromatic nitrogens is 1. The second-order valence-corrected chi connectivity index (χ2v) is 12.9. The lowest BCUT2D eigenvalue weighted by Gasteiger charge is -2.33. The average Bonchev–Trinajstić information content (AvgIpc) is 3.62. The molecule has 0 aliphatic carbocycles. The SMILES string of the molecule is Cc1ccc(S(=O)(=O)n2c(-c3cccs3)c(C[C@@]3(C(C)C)COc4ccccc43)c3ccccc32)cc1. The van der Waals surface area contributed by atoms with E-state index in [0.29, 0.717) is 18.5 Å². The molecule has 0 N–H and O–H groups in total. The van der Waals surface area contributed by atoms with Crippen molar-refractivity contribution >= 4 is 32.3 Å². The summed E-state index contributed by atoms with van der Waals surface area (Å²) in [5.74, 6) is 1.20. The summed E-state index contributed by atoms with van der Waals surface area (Å²) < 4.78 is 36.4. The van der Waals surface area contributed by atoms with Crippen LogP contribution in [0.2, 0.25) is 0 Å². The van der Waals surface area contributed by atoms with Crippen molar-refractivity contribution in [3.63, 3.8) is 0 Å². The van der Waals surface area contributed by atoms with Crippen molar-refractivity contribution in [1.82, 2.24) is 3.97 Å². The molecule has 0 fully saturated rings. The van der Waals surface area contributed by atoms with Crippen LogP contribution in [0.5, 0.6) is 5.75 Å². The van der Waals surface area contributed by atoms with Crippen LogP contribution in [0.1, 0.15) is 30.5 Å². The molecule has 1 atom stereocenters. The molecule has 0 radical (unpaired) electrons. The highest BCUT2D eigenvalue weighted by atomic mass is 32.2. The zero-order valence-electron chi connectivity index (χ0n) is 21.1. The number of ether oxygens (including phenoxy) is 1. The molecule has 0 spiro atoms. The van der Waals surface area contributed by atoms with Crippen LogP contribution in [0.15, 0.2) is 95.2 Å². The predicted octanol–water partition coefficient (Wildman–Crippen LogP) is 7.44. The monoisotopic (exact) mass is 527 g/mol. The minimum atomic E-state index is -3.86. The molecule has 0 unspecified atom stereocenters. The normalized spacial score (nSPS) is 17.3. The Morgan fingerprint density at radius 1 is 0.946 bits per heavy atom. The van der Waals surface area contributed by atoms with Gasteiger partial charge < -0.3 is 4.74 Å². The van der Waals surface area contributed by atoms with Crippen molar-refractivity contribution in [3.05, 3.63) is 107 Å². The summed E-state index contributed by atoms with van der Waals surface area (Å²) >= 11 is 1.57. The first-order valence-corrected chi connectivity index (χ1v) is 14.9. The first-order valence-electron chi connectivity index (χ1n) is 12.5. The Bertz CT molecular complexity index is 1700. The molecular weight excluding hydrogens is 498 g/mol. The van der Waals surface area contributed by atoms with Crippen molar-refractivity contribution in [1.29, 1.82) is 0 Å². The third kappa shape index (κ3) is 3.73. The van der Waals surface area contributed by atoms with Crippen LogP contribution >= 0.6 is 11.3 Å². The molecule has 3 heterocycles. The largest absolute Gasteiger partial charge is 0.492 e. The maximum atomic E-state index is 14.3. The van der Waals surface area contributed by atoms with E-state index < -0.39 is 10.0 Å². The summed E-state index contributed by atoms with van der Waals surface area (Å²) in [6, 6.07) is 27.3. The van der Waals surface area contributed by atoms with E-state index >= 15 is 0 Å². The predicted molar refractivity (Wildman–Crippen MR) is 151 cm³/mol. The average molecular weight is 528 g/mol. The maximum Gasteiger partial charge on any atom is 0.268 e. The molecule has 0 amide bonds. The summed E-state index contributed by atoms with van der Waals surface area (Å²) in [5, 5.41) is 2.97. The minimum Gasteiger partial charge on any atom is -0.492 e. The third-order valence-electron chi connectivity index (χ3n) is 7.76. The van der Waals surface area contributed by atoms with Gasteiger partial charge in [0.2, 0.25) is 0 Å². The topological polar surface area (TPSA) is 48.3 Å². The van der Waals surface area contributed by atoms with Gasteiger partial charge in [0.25, 0.3) is 10.0 Å². The number of rotatable bonds is 6. The van der Waals surface area contributed by atoms with Gasteiger partial charge in [-0.2, -0.15) is 0 Å². The second-order valence-electron chi connectivity index (χ2n) is 10.2. The number of thiophene rings is 1. The summed E-state index contributed by atoms with van der Waals surface area (Å²) in [6.45, 7) is 7.00. The summed E-state index contributed by atoms with van der Waals surface area (Å²) in [5.41, 5.74) is 4.44. The molecule has 2 aromatic heterocycles. The molecule has 4 nitrogen and oxygen atoms in total. The van der Waals surface area contributed by atoms with Gasteiger partial charge in [0, 0.05) is 16.4 Å². The van der Waals surface area contributed by atoms with Crippen molar-refractivity contribution < 1.29 is 13.2 Å². The standard InChI is InChI=1S/C31H29NO3S2/c1-21(2)31(20-35-28-12-7-5-10-26(28)31)19-25-24-9-4-6-11-27(24)32(30(25)29-13-8-18-36-29)37(33,34)23-16-14-22(3)15-17-23/h4-18,21H,19-20H2,1-3H3/t31-/m0/s1. The highest BCUT2D eigenvalue weighted by molar-refractivity contribution is 7.90. The molecule has 1 aliphatic rings. The lowest BCUT2D eigenvalue weighted by Crippen LogP contribution is -2.36. The Morgan fingerprint density at radius 2 is 1.68 bits per heavy atom. The van der Waals surface area contributed by atoms with Crippen LogP contribution in [0.25, 0.3) is 21.5 Å². The summed E-state index contributed by atoms with van der Waals surface area (Å²) in [4.78, 5) is 1.23. The molecule has 3 aromatic carbocycles. The highest BCUT2D eigenvalue weighted by Crippen LogP contribution is 2.49. The fourth-order valence-corrected chi connectivity index (χ4v) is 8.02. The number of para-hydroxylation sites is 2. The highest BCUT2D eigenvalue weighted by Gasteiger charge is 2.45. The van der Waals surface area contributed by atoms with Crippen molar-refractivity contribution in [2.45, 2.75) is 37.5 Å². The number of benzene rings is 3. The second kappa shape index (κ2) is 8.89. The van der Waals surface area contributed by atoms with Gasteiger partial charge in [0.15, 0.2) is 0 Å². The van der Waals surface area contributed by atoms with E-state index in [1.807, 2.05) is 66.9 Å². The van der Waals surface area contributed by atoms with Crippen molar-refractivity contribution in [3.8, 4) is 16.3 Å². The molecule has 0 bridgehead atoms. The van der Waals surface area contributed by atoms with Gasteiger partial charge in [0.1, 0.15) is 5.75 Å². The van der Waals surface area contributed by atoms with Gasteiger partial charge >= 0.3 is 0 Å². The van der Waals surface area contributed by atoms with Crippen LogP contribution in [-0.2, 0) is 21.9 Å². The molecule has 5 aromatic rings. The smallest absolute Gasteiger partial charge is 0.268 e. The Hall–Kier alpha value is -3.35. The van der Waals surface area contributed by atoms with Gasteiger partial charge in [-0.05, 0) is 60.5 Å². The van der Waals surface area contributed by atoms with E-state index in [9.17, 15) is 8.42 Å². The summed E-state index contributed by atoms with van der Waals surface area (Å²) in [6.07, 6.45) is 0.672. The zero-order chi connectivity index (χ0) is 25.8. The molecule has 37 heavy (non-hydrogen) atoms. The van der Waals surface area contributed by atoms with E-state index in [0.717, 1.165) is 32.8 Å². The minimum absolute atomic E-state index is 0.273. The molecule has 6 rings (SSSR count). The van der Waals surface area contributed by atoms with Crippen LogP contribution in [0.3, 0.4) is 0 Å². The van der Waals surface area contributed by atoms with E-state index in [4.69, 9.17) is 4.74 Å². The first kappa shape index (κ1) is 24.0. The van der Waals surface area contributed by atoms with Crippen molar-refractivity contribution in [2.24, 2.45) is 5.92 Å². The van der Waals surface area contributed by atoms with Crippen LogP contribution in [0, 0.1) is 12.8 Å². The Morgan fingerprint density at radius 3 is 2.41 bits per heavy atom. The molecule has 188 valence electrons. The van der Waals surface area contributed by atoms with Gasteiger partial charge in [-0.25, -0.2) is 12.4 Å². The van der Waals surface area contributed by atoms with Crippen LogP contribution < -0.4 is 4.74 Å². The molecule has 1 aliphatic heterocycles. The van der Waals surface area contributed by atoms with Crippen LogP contribution in [-0.4, -0.2) is 19.0 Å². The van der Waals surface area contributed by atoms with Gasteiger partial charge in [-0.3, -0.25) is 0 Å². The van der Waals surface area contributed by atoms with E-state index in [1.165, 1.54) is 5.56 Å². The number of aryl methyl sites for hydroxylation is 1. The molecule has 0 saturated heterocycles. The van der Waals surface area contributed by atoms with Gasteiger partial charge in [-0.1, -0.05) is 74.0 Å². The summed E-state index contributed by atoms with van der Waals surface area (Å²) in [7, 11) is -3.86. The van der Waals surface area contributed by atoms with Crippen LogP contribution in [0.4, 0.5) is 0 Å². The number of nitrogens with zero attached hydrogens (tertiary/aromatic N) is 1. The Balaban J connectivity index is 1.66. The quantitative estimate of drug-likeness (QED) is 0.230. The lowest BCUT2D eigenvalue weighted by atomic mass is 9.69. The van der Waals surface area contributed by atoms with E-state index in [2.05, 4.69) is 32.0 Å². The number of hydrogen-bond donors (Lipinski definition) is 0. The molecule has 6 heteroatoms. The first-order chi connectivity index (χ1) is 17.8. The van der Waals surface area contributed by atoms with E-state index in [1.54, 1.807) is 27.4 Å². The van der Waals surface area contributed by atoms with Gasteiger partial charge in [-0.15, -0.1) is 11.3 Å². The number of hydrogen-bond acceptors (Lipinski definition) is 4.